The molecule has 1 aliphatic rings. The third-order valence-electron chi connectivity index (χ3n) is 4.11. The van der Waals surface area contributed by atoms with Gasteiger partial charge in [-0.15, -0.1) is 0 Å². The predicted octanol–water partition coefficient (Wildman–Crippen LogP) is 3.35. The molecule has 0 radical (unpaired) electrons. The van der Waals surface area contributed by atoms with Gasteiger partial charge in [-0.2, -0.15) is 0 Å². The average molecular weight is 317 g/mol. The topological polar surface area (TPSA) is 70.2 Å². The van der Waals surface area contributed by atoms with E-state index < -0.39 is 0 Å². The van der Waals surface area contributed by atoms with Crippen molar-refractivity contribution >= 4 is 17.6 Å². The van der Waals surface area contributed by atoms with Crippen molar-refractivity contribution in [1.29, 1.82) is 0 Å². The molecule has 3 N–H and O–H groups in total. The minimum Gasteiger partial charge on any atom is -0.338 e. The van der Waals surface area contributed by atoms with E-state index in [1.807, 2.05) is 31.2 Å². The van der Waals surface area contributed by atoms with Gasteiger partial charge >= 0.3 is 6.03 Å². The lowest BCUT2D eigenvalue weighted by atomic mass is 9.96. The standard InChI is InChI=1S/C18H27N3O2/c1-14-7-5-10-16(13-14)20-17(22)11-6-12-19-18(23)21-15-8-3-2-4-9-15/h5,7,10,13,15H,2-4,6,8-9,11-12H2,1H3,(H,20,22)(H2,19,21,23). The van der Waals surface area contributed by atoms with Crippen LogP contribution in [0.4, 0.5) is 10.5 Å². The van der Waals surface area contributed by atoms with E-state index in [-0.39, 0.29) is 11.9 Å². The molecule has 0 saturated heterocycles. The summed E-state index contributed by atoms with van der Waals surface area (Å²) in [5.41, 5.74) is 1.93. The molecule has 0 heterocycles. The average Bonchev–Trinajstić information content (AvgIpc) is 2.52. The zero-order chi connectivity index (χ0) is 16.5. The van der Waals surface area contributed by atoms with Gasteiger partial charge in [0, 0.05) is 24.7 Å². The van der Waals surface area contributed by atoms with E-state index in [2.05, 4.69) is 16.0 Å². The Morgan fingerprint density at radius 2 is 1.96 bits per heavy atom. The van der Waals surface area contributed by atoms with Gasteiger partial charge < -0.3 is 16.0 Å². The first-order valence-corrected chi connectivity index (χ1v) is 8.54. The number of nitrogens with one attached hydrogen (secondary N) is 3. The smallest absolute Gasteiger partial charge is 0.315 e. The molecule has 1 saturated carbocycles. The van der Waals surface area contributed by atoms with Gasteiger partial charge in [0.05, 0.1) is 0 Å². The Balaban J connectivity index is 1.57. The molecule has 5 nitrogen and oxygen atoms in total. The maximum Gasteiger partial charge on any atom is 0.315 e. The van der Waals surface area contributed by atoms with Crippen LogP contribution in [0, 0.1) is 6.92 Å². The number of hydrogen-bond acceptors (Lipinski definition) is 2. The lowest BCUT2D eigenvalue weighted by Crippen LogP contribution is -2.43. The van der Waals surface area contributed by atoms with Gasteiger partial charge in [0.2, 0.25) is 5.91 Å². The summed E-state index contributed by atoms with van der Waals surface area (Å²) in [6.45, 7) is 2.50. The van der Waals surface area contributed by atoms with Crippen molar-refractivity contribution in [2.75, 3.05) is 11.9 Å². The number of carbonyl (C=O) groups excluding carboxylic acids is 2. The number of anilines is 1. The maximum atomic E-state index is 11.8. The molecule has 5 heteroatoms. The highest BCUT2D eigenvalue weighted by Crippen LogP contribution is 2.17. The summed E-state index contributed by atoms with van der Waals surface area (Å²) >= 11 is 0. The van der Waals surface area contributed by atoms with E-state index >= 15 is 0 Å². The van der Waals surface area contributed by atoms with Gasteiger partial charge in [-0.25, -0.2) is 4.79 Å². The highest BCUT2D eigenvalue weighted by Gasteiger charge is 2.15. The molecule has 1 fully saturated rings. The summed E-state index contributed by atoms with van der Waals surface area (Å²) in [7, 11) is 0. The molecule has 3 amide bonds. The van der Waals surface area contributed by atoms with Crippen LogP contribution >= 0.6 is 0 Å². The van der Waals surface area contributed by atoms with Gasteiger partial charge in [0.1, 0.15) is 0 Å². The molecule has 1 aliphatic carbocycles. The normalized spacial score (nSPS) is 15.0. The number of hydrogen-bond donors (Lipinski definition) is 3. The Hall–Kier alpha value is -2.04. The highest BCUT2D eigenvalue weighted by atomic mass is 16.2. The lowest BCUT2D eigenvalue weighted by molar-refractivity contribution is -0.116. The summed E-state index contributed by atoms with van der Waals surface area (Å²) in [4.78, 5) is 23.6. The number of aryl methyl sites for hydroxylation is 1. The van der Waals surface area contributed by atoms with E-state index in [9.17, 15) is 9.59 Å². The summed E-state index contributed by atoms with van der Waals surface area (Å²) in [6, 6.07) is 7.92. The van der Waals surface area contributed by atoms with E-state index in [0.29, 0.717) is 25.4 Å². The van der Waals surface area contributed by atoms with Crippen molar-refractivity contribution in [3.63, 3.8) is 0 Å². The van der Waals surface area contributed by atoms with Crippen LogP contribution in [0.5, 0.6) is 0 Å². The number of benzene rings is 1. The second-order valence-electron chi connectivity index (χ2n) is 6.26. The number of rotatable bonds is 6. The Morgan fingerprint density at radius 1 is 1.17 bits per heavy atom. The van der Waals surface area contributed by atoms with Gasteiger partial charge in [0.25, 0.3) is 0 Å². The number of amides is 3. The molecular weight excluding hydrogens is 290 g/mol. The lowest BCUT2D eigenvalue weighted by Gasteiger charge is -2.22. The van der Waals surface area contributed by atoms with Crippen LogP contribution in [-0.4, -0.2) is 24.5 Å². The van der Waals surface area contributed by atoms with Gasteiger partial charge in [-0.1, -0.05) is 31.4 Å². The quantitative estimate of drug-likeness (QED) is 0.704. The van der Waals surface area contributed by atoms with Crippen LogP contribution in [0.15, 0.2) is 24.3 Å². The zero-order valence-electron chi connectivity index (χ0n) is 13.9. The second-order valence-corrected chi connectivity index (χ2v) is 6.26. The van der Waals surface area contributed by atoms with Gasteiger partial charge in [-0.05, 0) is 43.9 Å². The third kappa shape index (κ3) is 6.72. The Labute approximate surface area is 138 Å². The first kappa shape index (κ1) is 17.3. The molecule has 23 heavy (non-hydrogen) atoms. The molecule has 126 valence electrons. The van der Waals surface area contributed by atoms with E-state index in [1.54, 1.807) is 0 Å². The number of urea groups is 1. The SMILES string of the molecule is Cc1cccc(NC(=O)CCCNC(=O)NC2CCCCC2)c1. The fourth-order valence-corrected chi connectivity index (χ4v) is 2.88. The zero-order valence-corrected chi connectivity index (χ0v) is 13.9. The monoisotopic (exact) mass is 317 g/mol. The van der Waals surface area contributed by atoms with Crippen LogP contribution in [0.1, 0.15) is 50.5 Å². The first-order valence-electron chi connectivity index (χ1n) is 8.54. The Kier molecular flexibility index (Phi) is 6.91. The van der Waals surface area contributed by atoms with Crippen molar-refractivity contribution < 1.29 is 9.59 Å². The largest absolute Gasteiger partial charge is 0.338 e. The van der Waals surface area contributed by atoms with Crippen LogP contribution < -0.4 is 16.0 Å². The fraction of sp³-hybridized carbons (Fsp3) is 0.556. The molecule has 1 aromatic carbocycles. The minimum atomic E-state index is -0.115. The summed E-state index contributed by atoms with van der Waals surface area (Å²) in [5.74, 6) is -0.0231. The fourth-order valence-electron chi connectivity index (χ4n) is 2.88. The predicted molar refractivity (Wildman–Crippen MR) is 92.5 cm³/mol. The van der Waals surface area contributed by atoms with E-state index in [0.717, 1.165) is 24.1 Å². The van der Waals surface area contributed by atoms with E-state index in [1.165, 1.54) is 19.3 Å². The summed E-state index contributed by atoms with van der Waals surface area (Å²) in [6.07, 6.45) is 6.86. The third-order valence-corrected chi connectivity index (χ3v) is 4.11. The molecule has 2 rings (SSSR count). The molecular formula is C18H27N3O2. The summed E-state index contributed by atoms with van der Waals surface area (Å²) in [5, 5.41) is 8.70. The molecule has 0 bridgehead atoms. The van der Waals surface area contributed by atoms with Crippen LogP contribution in [0.3, 0.4) is 0 Å². The second kappa shape index (κ2) is 9.18. The molecule has 0 aromatic heterocycles. The Morgan fingerprint density at radius 3 is 2.70 bits per heavy atom. The molecule has 0 unspecified atom stereocenters. The van der Waals surface area contributed by atoms with Crippen LogP contribution in [0.25, 0.3) is 0 Å². The van der Waals surface area contributed by atoms with Crippen molar-refractivity contribution in [2.24, 2.45) is 0 Å². The van der Waals surface area contributed by atoms with Crippen molar-refractivity contribution in [1.82, 2.24) is 10.6 Å². The minimum absolute atomic E-state index is 0.0231. The van der Waals surface area contributed by atoms with Crippen molar-refractivity contribution in [3.8, 4) is 0 Å². The van der Waals surface area contributed by atoms with Gasteiger partial charge in [0.15, 0.2) is 0 Å². The van der Waals surface area contributed by atoms with Crippen molar-refractivity contribution in [2.45, 2.75) is 57.9 Å². The molecule has 0 aliphatic heterocycles. The highest BCUT2D eigenvalue weighted by molar-refractivity contribution is 5.90. The molecule has 0 atom stereocenters. The molecule has 1 aromatic rings. The van der Waals surface area contributed by atoms with Gasteiger partial charge in [-0.3, -0.25) is 4.79 Å². The van der Waals surface area contributed by atoms with Crippen molar-refractivity contribution in [3.05, 3.63) is 29.8 Å². The Bertz CT molecular complexity index is 525. The van der Waals surface area contributed by atoms with E-state index in [4.69, 9.17) is 0 Å². The van der Waals surface area contributed by atoms with Crippen LogP contribution in [0.2, 0.25) is 0 Å². The maximum absolute atomic E-state index is 11.8. The molecule has 0 spiro atoms. The number of carbonyl (C=O) groups is 2. The van der Waals surface area contributed by atoms with Crippen LogP contribution in [-0.2, 0) is 4.79 Å². The first-order chi connectivity index (χ1) is 11.1. The summed E-state index contributed by atoms with van der Waals surface area (Å²) < 4.78 is 0.